The Hall–Kier alpha value is -1.08. The van der Waals surface area contributed by atoms with Crippen molar-refractivity contribution < 1.29 is 18.3 Å². The number of nitrogens with zero attached hydrogens (tertiary/aromatic N) is 1. The number of sulfonamides is 1. The predicted octanol–water partition coefficient (Wildman–Crippen LogP) is 2.89. The lowest BCUT2D eigenvalue weighted by molar-refractivity contribution is 0.0697. The van der Waals surface area contributed by atoms with Gasteiger partial charge in [-0.15, -0.1) is 0 Å². The Kier molecular flexibility index (Phi) is 5.21. The number of carbonyl (C=O) groups is 1. The van der Waals surface area contributed by atoms with Gasteiger partial charge in [-0.25, -0.2) is 13.2 Å². The van der Waals surface area contributed by atoms with Crippen molar-refractivity contribution >= 4 is 39.2 Å². The van der Waals surface area contributed by atoms with Crippen LogP contribution in [0.1, 0.15) is 17.3 Å². The van der Waals surface area contributed by atoms with E-state index in [1.165, 1.54) is 7.05 Å². The number of likely N-dealkylation sites (N-methyl/N-ethyl adjacent to an activating group) is 1. The molecule has 0 saturated carbocycles. The average Bonchev–Trinajstić information content (AvgIpc) is 2.30. The zero-order valence-corrected chi connectivity index (χ0v) is 13.2. The van der Waals surface area contributed by atoms with Crippen LogP contribution < -0.4 is 0 Å². The molecular formula is C12H13Cl2NO4S. The summed E-state index contributed by atoms with van der Waals surface area (Å²) in [7, 11) is -2.60. The highest BCUT2D eigenvalue weighted by Gasteiger charge is 2.27. The number of carboxylic acid groups (broad SMARTS) is 1. The zero-order chi connectivity index (χ0) is 15.7. The van der Waals surface area contributed by atoms with Gasteiger partial charge in [0.05, 0.1) is 10.6 Å². The van der Waals surface area contributed by atoms with Gasteiger partial charge in [0.1, 0.15) is 4.90 Å². The number of rotatable bonds is 5. The Morgan fingerprint density at radius 2 is 1.95 bits per heavy atom. The second kappa shape index (κ2) is 6.13. The van der Waals surface area contributed by atoms with Gasteiger partial charge in [0.25, 0.3) is 0 Å². The molecule has 0 aliphatic rings. The Labute approximate surface area is 127 Å². The molecule has 0 amide bonds. The molecule has 0 aliphatic carbocycles. The first-order valence-electron chi connectivity index (χ1n) is 5.40. The topological polar surface area (TPSA) is 74.7 Å². The van der Waals surface area contributed by atoms with Crippen LogP contribution in [0.15, 0.2) is 29.2 Å². The maximum atomic E-state index is 12.4. The summed E-state index contributed by atoms with van der Waals surface area (Å²) in [6.45, 7) is 5.39. The Morgan fingerprint density at radius 1 is 1.40 bits per heavy atom. The Bertz CT molecular complexity index is 670. The molecule has 20 heavy (non-hydrogen) atoms. The molecule has 0 bridgehead atoms. The molecule has 0 saturated heterocycles. The summed E-state index contributed by atoms with van der Waals surface area (Å²) in [6, 6.07) is 2.23. The van der Waals surface area contributed by atoms with Crippen molar-refractivity contribution in [2.24, 2.45) is 0 Å². The molecule has 1 N–H and O–H groups in total. The molecule has 1 rings (SSSR count). The third-order valence-electron chi connectivity index (χ3n) is 2.42. The Morgan fingerprint density at radius 3 is 2.40 bits per heavy atom. The number of aromatic carboxylic acids is 1. The normalized spacial score (nSPS) is 11.7. The summed E-state index contributed by atoms with van der Waals surface area (Å²) in [4.78, 5) is 10.7. The first-order chi connectivity index (χ1) is 9.07. The average molecular weight is 338 g/mol. The second-order valence-corrected chi connectivity index (χ2v) is 7.12. The van der Waals surface area contributed by atoms with E-state index in [2.05, 4.69) is 6.58 Å². The van der Waals surface area contributed by atoms with E-state index in [9.17, 15) is 13.2 Å². The first kappa shape index (κ1) is 17.0. The van der Waals surface area contributed by atoms with E-state index in [1.54, 1.807) is 6.92 Å². The van der Waals surface area contributed by atoms with Gasteiger partial charge in [-0.2, -0.15) is 4.31 Å². The van der Waals surface area contributed by atoms with Crippen LogP contribution in [0.2, 0.25) is 10.0 Å². The molecule has 0 heterocycles. The molecule has 0 radical (unpaired) electrons. The van der Waals surface area contributed by atoms with Crippen molar-refractivity contribution in [2.75, 3.05) is 13.6 Å². The minimum Gasteiger partial charge on any atom is -0.478 e. The third-order valence-corrected chi connectivity index (χ3v) is 4.98. The van der Waals surface area contributed by atoms with E-state index in [1.807, 2.05) is 0 Å². The quantitative estimate of drug-likeness (QED) is 0.838. The molecular weight excluding hydrogens is 325 g/mol. The van der Waals surface area contributed by atoms with E-state index in [-0.39, 0.29) is 27.0 Å². The zero-order valence-electron chi connectivity index (χ0n) is 10.9. The first-order valence-corrected chi connectivity index (χ1v) is 7.60. The lowest BCUT2D eigenvalue weighted by Gasteiger charge is -2.18. The van der Waals surface area contributed by atoms with Gasteiger partial charge in [-0.3, -0.25) is 0 Å². The van der Waals surface area contributed by atoms with Gasteiger partial charge < -0.3 is 5.11 Å². The fraction of sp³-hybridized carbons (Fsp3) is 0.250. The van der Waals surface area contributed by atoms with E-state index in [4.69, 9.17) is 28.3 Å². The van der Waals surface area contributed by atoms with Crippen molar-refractivity contribution in [3.05, 3.63) is 39.9 Å². The number of hydrogen-bond donors (Lipinski definition) is 1. The van der Waals surface area contributed by atoms with E-state index in [0.717, 1.165) is 16.4 Å². The molecule has 1 aromatic carbocycles. The summed E-state index contributed by atoms with van der Waals surface area (Å²) in [5.41, 5.74) is 0.272. The summed E-state index contributed by atoms with van der Waals surface area (Å²) in [6.07, 6.45) is 0. The molecule has 8 heteroatoms. The highest BCUT2D eigenvalue weighted by atomic mass is 35.5. The van der Waals surface area contributed by atoms with Crippen LogP contribution in [-0.4, -0.2) is 37.4 Å². The maximum absolute atomic E-state index is 12.4. The van der Waals surface area contributed by atoms with E-state index in [0.29, 0.717) is 5.57 Å². The summed E-state index contributed by atoms with van der Waals surface area (Å²) >= 11 is 11.6. The highest BCUT2D eigenvalue weighted by Crippen LogP contribution is 2.31. The fourth-order valence-electron chi connectivity index (χ4n) is 1.54. The third kappa shape index (κ3) is 3.52. The molecule has 0 aromatic heterocycles. The number of carboxylic acids is 1. The van der Waals surface area contributed by atoms with Crippen LogP contribution in [0.3, 0.4) is 0 Å². The summed E-state index contributed by atoms with van der Waals surface area (Å²) in [5.74, 6) is -1.35. The van der Waals surface area contributed by atoms with Gasteiger partial charge in [-0.1, -0.05) is 35.4 Å². The van der Waals surface area contributed by atoms with Crippen LogP contribution in [-0.2, 0) is 10.0 Å². The molecule has 5 nitrogen and oxygen atoms in total. The molecule has 0 atom stereocenters. The van der Waals surface area contributed by atoms with Gasteiger partial charge in [-0.05, 0) is 19.1 Å². The van der Waals surface area contributed by atoms with Gasteiger partial charge >= 0.3 is 5.97 Å². The smallest absolute Gasteiger partial charge is 0.337 e. The fourth-order valence-corrected chi connectivity index (χ4v) is 3.64. The standard InChI is InChI=1S/C12H13Cl2NO4S/c1-7(2)6-15(3)20(18,19)10-5-8(13)4-9(11(10)14)12(16)17/h4-5H,1,6H2,2-3H3,(H,16,17). The molecule has 1 aromatic rings. The number of halogens is 2. The highest BCUT2D eigenvalue weighted by molar-refractivity contribution is 7.89. The van der Waals surface area contributed by atoms with Crippen molar-refractivity contribution in [2.45, 2.75) is 11.8 Å². The predicted molar refractivity (Wildman–Crippen MR) is 78.1 cm³/mol. The number of benzene rings is 1. The lowest BCUT2D eigenvalue weighted by atomic mass is 10.2. The monoisotopic (exact) mass is 337 g/mol. The van der Waals surface area contributed by atoms with Crippen LogP contribution >= 0.6 is 23.2 Å². The summed E-state index contributed by atoms with van der Waals surface area (Å²) < 4.78 is 25.8. The van der Waals surface area contributed by atoms with E-state index >= 15 is 0 Å². The molecule has 0 spiro atoms. The van der Waals surface area contributed by atoms with Gasteiger partial charge in [0, 0.05) is 18.6 Å². The van der Waals surface area contributed by atoms with Crippen LogP contribution in [0, 0.1) is 0 Å². The number of hydrogen-bond acceptors (Lipinski definition) is 3. The minimum absolute atomic E-state index is 0.0194. The molecule has 0 unspecified atom stereocenters. The second-order valence-electron chi connectivity index (χ2n) is 4.29. The van der Waals surface area contributed by atoms with Crippen molar-refractivity contribution in [3.8, 4) is 0 Å². The minimum atomic E-state index is -3.95. The van der Waals surface area contributed by atoms with Gasteiger partial charge in [0.15, 0.2) is 0 Å². The van der Waals surface area contributed by atoms with E-state index < -0.39 is 16.0 Å². The van der Waals surface area contributed by atoms with Crippen LogP contribution in [0.25, 0.3) is 0 Å². The maximum Gasteiger partial charge on any atom is 0.337 e. The van der Waals surface area contributed by atoms with Crippen LogP contribution in [0.4, 0.5) is 0 Å². The molecule has 0 fully saturated rings. The lowest BCUT2D eigenvalue weighted by Crippen LogP contribution is -2.29. The summed E-state index contributed by atoms with van der Waals surface area (Å²) in [5, 5.41) is 8.61. The van der Waals surface area contributed by atoms with Crippen molar-refractivity contribution in [1.29, 1.82) is 0 Å². The van der Waals surface area contributed by atoms with Gasteiger partial charge in [0.2, 0.25) is 10.0 Å². The van der Waals surface area contributed by atoms with Crippen molar-refractivity contribution in [1.82, 2.24) is 4.31 Å². The SMILES string of the molecule is C=C(C)CN(C)S(=O)(=O)c1cc(Cl)cc(C(=O)O)c1Cl. The van der Waals surface area contributed by atoms with Crippen molar-refractivity contribution in [3.63, 3.8) is 0 Å². The Balaban J connectivity index is 3.46. The molecule has 110 valence electrons. The largest absolute Gasteiger partial charge is 0.478 e. The molecule has 0 aliphatic heterocycles. The van der Waals surface area contributed by atoms with Crippen LogP contribution in [0.5, 0.6) is 0 Å².